The molecule has 1 fully saturated rings. The first-order valence-corrected chi connectivity index (χ1v) is 8.41. The van der Waals surface area contributed by atoms with Crippen molar-refractivity contribution in [3.05, 3.63) is 36.4 Å². The van der Waals surface area contributed by atoms with Crippen molar-refractivity contribution in [3.8, 4) is 0 Å². The van der Waals surface area contributed by atoms with Crippen LogP contribution in [-0.4, -0.2) is 51.9 Å². The molecule has 1 saturated heterocycles. The predicted molar refractivity (Wildman–Crippen MR) is 87.3 cm³/mol. The number of halogens is 3. The van der Waals surface area contributed by atoms with Gasteiger partial charge in [-0.2, -0.15) is 13.2 Å². The minimum absolute atomic E-state index is 0.0542. The number of imidazole rings is 1. The Kier molecular flexibility index (Phi) is 5.15. The van der Waals surface area contributed by atoms with Gasteiger partial charge in [0.05, 0.1) is 11.7 Å². The van der Waals surface area contributed by atoms with Crippen LogP contribution in [0, 0.1) is 5.92 Å². The van der Waals surface area contributed by atoms with E-state index >= 15 is 0 Å². The Labute approximate surface area is 148 Å². The lowest BCUT2D eigenvalue weighted by atomic mass is 9.96. The van der Waals surface area contributed by atoms with Gasteiger partial charge in [0.2, 0.25) is 5.91 Å². The number of carbonyl (C=O) groups excluding carboxylic acids is 2. The normalized spacial score (nSPS) is 16.0. The summed E-state index contributed by atoms with van der Waals surface area (Å²) in [5.41, 5.74) is 0.968. The summed E-state index contributed by atoms with van der Waals surface area (Å²) in [6, 6.07) is 5.75. The maximum atomic E-state index is 12.4. The number of piperidine rings is 1. The van der Waals surface area contributed by atoms with Crippen molar-refractivity contribution in [1.82, 2.24) is 19.6 Å². The first-order valence-electron chi connectivity index (χ1n) is 8.41. The Morgan fingerprint density at radius 2 is 1.96 bits per heavy atom. The fourth-order valence-corrected chi connectivity index (χ4v) is 3.15. The van der Waals surface area contributed by atoms with Crippen molar-refractivity contribution in [3.63, 3.8) is 0 Å². The van der Waals surface area contributed by atoms with Gasteiger partial charge in [-0.15, -0.1) is 0 Å². The fourth-order valence-electron chi connectivity index (χ4n) is 3.15. The molecule has 0 aliphatic carbocycles. The van der Waals surface area contributed by atoms with Gasteiger partial charge >= 0.3 is 12.1 Å². The smallest absolute Gasteiger partial charge is 0.355 e. The van der Waals surface area contributed by atoms with E-state index in [-0.39, 0.29) is 37.8 Å². The van der Waals surface area contributed by atoms with E-state index in [2.05, 4.69) is 10.3 Å². The second-order valence-corrected chi connectivity index (χ2v) is 6.28. The number of carbonyl (C=O) groups is 2. The molecule has 9 heteroatoms. The highest BCUT2D eigenvalue weighted by atomic mass is 19.4. The number of pyridine rings is 1. The lowest BCUT2D eigenvalue weighted by Gasteiger charge is -2.31. The Morgan fingerprint density at radius 1 is 1.23 bits per heavy atom. The van der Waals surface area contributed by atoms with Crippen molar-refractivity contribution >= 4 is 17.3 Å². The second kappa shape index (κ2) is 7.35. The molecule has 26 heavy (non-hydrogen) atoms. The van der Waals surface area contributed by atoms with Crippen molar-refractivity contribution in [2.45, 2.75) is 25.4 Å². The zero-order valence-electron chi connectivity index (χ0n) is 14.0. The monoisotopic (exact) mass is 368 g/mol. The van der Waals surface area contributed by atoms with Gasteiger partial charge in [-0.25, -0.2) is 4.98 Å². The number of nitrogens with zero attached hydrogens (tertiary/aromatic N) is 3. The van der Waals surface area contributed by atoms with E-state index in [1.807, 2.05) is 28.8 Å². The third-order valence-electron chi connectivity index (χ3n) is 4.56. The van der Waals surface area contributed by atoms with E-state index in [9.17, 15) is 22.8 Å². The number of hydrogen-bond donors (Lipinski definition) is 1. The number of amides is 2. The van der Waals surface area contributed by atoms with E-state index in [0.29, 0.717) is 13.0 Å². The standard InChI is InChI=1S/C17H19F3N4O2/c18-17(19,20)16(26)23-9-5-12(6-10-23)15(25)21-7-4-14-22-11-13-3-1-2-8-24(13)14/h1-3,8,11-12H,4-7,9-10H2,(H,21,25). The zero-order chi connectivity index (χ0) is 18.7. The highest BCUT2D eigenvalue weighted by Gasteiger charge is 2.43. The molecule has 3 rings (SSSR count). The van der Waals surface area contributed by atoms with Gasteiger partial charge in [0.25, 0.3) is 0 Å². The van der Waals surface area contributed by atoms with Crippen LogP contribution in [0.5, 0.6) is 0 Å². The Balaban J connectivity index is 1.45. The molecule has 0 saturated carbocycles. The Bertz CT molecular complexity index is 795. The van der Waals surface area contributed by atoms with Crippen LogP contribution in [0.25, 0.3) is 5.52 Å². The minimum atomic E-state index is -4.86. The summed E-state index contributed by atoms with van der Waals surface area (Å²) in [6.45, 7) is 0.289. The number of hydrogen-bond acceptors (Lipinski definition) is 3. The van der Waals surface area contributed by atoms with Crippen LogP contribution < -0.4 is 5.32 Å². The number of alkyl halides is 3. The Hall–Kier alpha value is -2.58. The summed E-state index contributed by atoms with van der Waals surface area (Å²) in [5.74, 6) is -1.57. The molecule has 0 atom stereocenters. The van der Waals surface area contributed by atoms with Crippen LogP contribution in [0.3, 0.4) is 0 Å². The molecule has 140 valence electrons. The lowest BCUT2D eigenvalue weighted by Crippen LogP contribution is -2.47. The van der Waals surface area contributed by atoms with Crippen LogP contribution >= 0.6 is 0 Å². The van der Waals surface area contributed by atoms with Crippen LogP contribution in [0.4, 0.5) is 13.2 Å². The van der Waals surface area contributed by atoms with Gasteiger partial charge in [-0.05, 0) is 25.0 Å². The van der Waals surface area contributed by atoms with E-state index in [4.69, 9.17) is 0 Å². The average Bonchev–Trinajstić information content (AvgIpc) is 3.04. The third kappa shape index (κ3) is 3.97. The summed E-state index contributed by atoms with van der Waals surface area (Å²) < 4.78 is 39.2. The van der Waals surface area contributed by atoms with E-state index in [0.717, 1.165) is 16.2 Å². The van der Waals surface area contributed by atoms with Gasteiger partial charge in [0.1, 0.15) is 5.82 Å². The first-order chi connectivity index (χ1) is 12.4. The summed E-state index contributed by atoms with van der Waals surface area (Å²) in [7, 11) is 0. The van der Waals surface area contributed by atoms with Gasteiger partial charge in [0, 0.05) is 38.2 Å². The van der Waals surface area contributed by atoms with Crippen molar-refractivity contribution in [2.75, 3.05) is 19.6 Å². The molecular formula is C17H19F3N4O2. The zero-order valence-corrected chi connectivity index (χ0v) is 14.0. The van der Waals surface area contributed by atoms with Crippen molar-refractivity contribution < 1.29 is 22.8 Å². The number of rotatable bonds is 4. The summed E-state index contributed by atoms with van der Waals surface area (Å²) in [6.07, 6.45) is -0.186. The first kappa shape index (κ1) is 18.2. The fraction of sp³-hybridized carbons (Fsp3) is 0.471. The average molecular weight is 368 g/mol. The van der Waals surface area contributed by atoms with E-state index in [1.165, 1.54) is 0 Å². The molecule has 0 unspecified atom stereocenters. The van der Waals surface area contributed by atoms with Gasteiger partial charge in [-0.1, -0.05) is 6.07 Å². The molecular weight excluding hydrogens is 349 g/mol. The van der Waals surface area contributed by atoms with Crippen LogP contribution in [-0.2, 0) is 16.0 Å². The summed E-state index contributed by atoms with van der Waals surface area (Å²) in [4.78, 5) is 28.5. The number of fused-ring (bicyclic) bond motifs is 1. The molecule has 0 aromatic carbocycles. The number of likely N-dealkylation sites (tertiary alicyclic amines) is 1. The quantitative estimate of drug-likeness (QED) is 0.895. The van der Waals surface area contributed by atoms with Crippen LogP contribution in [0.15, 0.2) is 30.6 Å². The number of nitrogens with one attached hydrogen (secondary N) is 1. The lowest BCUT2D eigenvalue weighted by molar-refractivity contribution is -0.186. The van der Waals surface area contributed by atoms with Gasteiger partial charge in [-0.3, -0.25) is 9.59 Å². The molecule has 2 amide bonds. The highest BCUT2D eigenvalue weighted by molar-refractivity contribution is 5.83. The number of aromatic nitrogens is 2. The topological polar surface area (TPSA) is 66.7 Å². The SMILES string of the molecule is O=C(NCCc1ncc2ccccn12)C1CCN(C(=O)C(F)(F)F)CC1. The molecule has 1 aliphatic heterocycles. The second-order valence-electron chi connectivity index (χ2n) is 6.28. The molecule has 1 N–H and O–H groups in total. The van der Waals surface area contributed by atoms with E-state index < -0.39 is 12.1 Å². The molecule has 2 aromatic rings. The Morgan fingerprint density at radius 3 is 2.65 bits per heavy atom. The van der Waals surface area contributed by atoms with Crippen LogP contribution in [0.2, 0.25) is 0 Å². The molecule has 0 radical (unpaired) electrons. The summed E-state index contributed by atoms with van der Waals surface area (Å²) in [5, 5.41) is 2.81. The minimum Gasteiger partial charge on any atom is -0.355 e. The van der Waals surface area contributed by atoms with Gasteiger partial charge in [0.15, 0.2) is 0 Å². The molecule has 2 aromatic heterocycles. The summed E-state index contributed by atoms with van der Waals surface area (Å²) >= 11 is 0. The molecule has 0 spiro atoms. The molecule has 3 heterocycles. The van der Waals surface area contributed by atoms with E-state index in [1.54, 1.807) is 6.20 Å². The third-order valence-corrected chi connectivity index (χ3v) is 4.56. The van der Waals surface area contributed by atoms with Crippen molar-refractivity contribution in [2.24, 2.45) is 5.92 Å². The largest absolute Gasteiger partial charge is 0.471 e. The highest BCUT2D eigenvalue weighted by Crippen LogP contribution is 2.24. The maximum absolute atomic E-state index is 12.4. The van der Waals surface area contributed by atoms with Crippen LogP contribution in [0.1, 0.15) is 18.7 Å². The predicted octanol–water partition coefficient (Wildman–Crippen LogP) is 1.79. The van der Waals surface area contributed by atoms with Crippen molar-refractivity contribution in [1.29, 1.82) is 0 Å². The van der Waals surface area contributed by atoms with Gasteiger partial charge < -0.3 is 14.6 Å². The molecule has 6 nitrogen and oxygen atoms in total. The molecule has 1 aliphatic rings. The molecule has 0 bridgehead atoms. The maximum Gasteiger partial charge on any atom is 0.471 e.